The maximum absolute atomic E-state index is 9.23. The summed E-state index contributed by atoms with van der Waals surface area (Å²) in [5.74, 6) is 0. The van der Waals surface area contributed by atoms with Gasteiger partial charge in [-0.15, -0.1) is 6.58 Å². The minimum atomic E-state index is -0.358. The first-order valence-electron chi connectivity index (χ1n) is 5.38. The third-order valence-corrected chi connectivity index (χ3v) is 2.30. The molecule has 82 valence electrons. The minimum Gasteiger partial charge on any atom is -0.389 e. The summed E-state index contributed by atoms with van der Waals surface area (Å²) in [6.45, 7) is 5.36. The van der Waals surface area contributed by atoms with Crippen LogP contribution in [0.25, 0.3) is 0 Å². The molecule has 0 radical (unpaired) electrons. The molecule has 2 heteroatoms. The monoisotopic (exact) mass is 205 g/mol. The first kappa shape index (κ1) is 12.0. The molecule has 0 amide bonds. The van der Waals surface area contributed by atoms with Crippen LogP contribution in [0.2, 0.25) is 0 Å². The van der Waals surface area contributed by atoms with Crippen molar-refractivity contribution >= 4 is 0 Å². The highest BCUT2D eigenvalue weighted by Gasteiger charge is 1.96. The molecule has 1 aromatic rings. The Labute approximate surface area is 91.6 Å². The molecule has 15 heavy (non-hydrogen) atoms. The molecule has 0 spiro atoms. The van der Waals surface area contributed by atoms with E-state index in [4.69, 9.17) is 0 Å². The van der Waals surface area contributed by atoms with Gasteiger partial charge in [0.25, 0.3) is 0 Å². The zero-order valence-corrected chi connectivity index (χ0v) is 9.02. The van der Waals surface area contributed by atoms with E-state index in [9.17, 15) is 5.11 Å². The molecule has 1 rings (SSSR count). The van der Waals surface area contributed by atoms with E-state index in [1.807, 2.05) is 18.2 Å². The van der Waals surface area contributed by atoms with Gasteiger partial charge in [-0.05, 0) is 24.9 Å². The lowest BCUT2D eigenvalue weighted by Crippen LogP contribution is -2.16. The Kier molecular flexibility index (Phi) is 5.74. The Morgan fingerprint density at radius 2 is 2.07 bits per heavy atom. The van der Waals surface area contributed by atoms with Crippen LogP contribution in [0.1, 0.15) is 18.4 Å². The van der Waals surface area contributed by atoms with Crippen LogP contribution in [0.15, 0.2) is 43.0 Å². The molecule has 0 saturated heterocycles. The molecule has 2 N–H and O–H groups in total. The van der Waals surface area contributed by atoms with Crippen molar-refractivity contribution in [3.05, 3.63) is 48.6 Å². The van der Waals surface area contributed by atoms with Gasteiger partial charge < -0.3 is 10.4 Å². The SMILES string of the molecule is C=CC(O)CCCNCc1ccccc1. The van der Waals surface area contributed by atoms with Crippen molar-refractivity contribution in [2.75, 3.05) is 6.54 Å². The predicted octanol–water partition coefficient (Wildman–Crippen LogP) is 2.10. The topological polar surface area (TPSA) is 32.3 Å². The summed E-state index contributed by atoms with van der Waals surface area (Å²) in [7, 11) is 0. The van der Waals surface area contributed by atoms with Crippen molar-refractivity contribution < 1.29 is 5.11 Å². The smallest absolute Gasteiger partial charge is 0.0718 e. The van der Waals surface area contributed by atoms with Crippen molar-refractivity contribution in [1.29, 1.82) is 0 Å². The second-order valence-corrected chi connectivity index (χ2v) is 3.61. The van der Waals surface area contributed by atoms with Gasteiger partial charge in [0.1, 0.15) is 0 Å². The molecule has 0 heterocycles. The van der Waals surface area contributed by atoms with Gasteiger partial charge in [0.15, 0.2) is 0 Å². The van der Waals surface area contributed by atoms with E-state index in [1.54, 1.807) is 6.08 Å². The van der Waals surface area contributed by atoms with Crippen LogP contribution in [-0.2, 0) is 6.54 Å². The largest absolute Gasteiger partial charge is 0.389 e. The van der Waals surface area contributed by atoms with E-state index < -0.39 is 0 Å². The maximum atomic E-state index is 9.23. The summed E-state index contributed by atoms with van der Waals surface area (Å²) in [6, 6.07) is 10.3. The lowest BCUT2D eigenvalue weighted by atomic mass is 10.2. The van der Waals surface area contributed by atoms with Crippen LogP contribution < -0.4 is 5.32 Å². The predicted molar refractivity (Wildman–Crippen MR) is 63.6 cm³/mol. The first-order chi connectivity index (χ1) is 7.33. The van der Waals surface area contributed by atoms with Gasteiger partial charge in [-0.2, -0.15) is 0 Å². The summed E-state index contributed by atoms with van der Waals surface area (Å²) >= 11 is 0. The molecule has 0 aliphatic rings. The summed E-state index contributed by atoms with van der Waals surface area (Å²) in [6.07, 6.45) is 2.98. The van der Waals surface area contributed by atoms with Crippen LogP contribution in [0.4, 0.5) is 0 Å². The van der Waals surface area contributed by atoms with Gasteiger partial charge in [-0.25, -0.2) is 0 Å². The highest BCUT2D eigenvalue weighted by Crippen LogP contribution is 1.99. The zero-order chi connectivity index (χ0) is 10.9. The fraction of sp³-hybridized carbons (Fsp3) is 0.385. The standard InChI is InChI=1S/C13H19NO/c1-2-13(15)9-6-10-14-11-12-7-4-3-5-8-12/h2-5,7-8,13-15H,1,6,9-11H2. The number of hydrogen-bond acceptors (Lipinski definition) is 2. The number of aliphatic hydroxyl groups excluding tert-OH is 1. The maximum Gasteiger partial charge on any atom is 0.0718 e. The van der Waals surface area contributed by atoms with Gasteiger partial charge in [-0.1, -0.05) is 36.4 Å². The molecule has 1 aromatic carbocycles. The van der Waals surface area contributed by atoms with E-state index in [1.165, 1.54) is 5.56 Å². The normalized spacial score (nSPS) is 12.3. The quantitative estimate of drug-likeness (QED) is 0.528. The Balaban J connectivity index is 2.05. The Hall–Kier alpha value is -1.12. The highest BCUT2D eigenvalue weighted by molar-refractivity contribution is 5.14. The number of nitrogens with one attached hydrogen (secondary N) is 1. The van der Waals surface area contributed by atoms with Crippen LogP contribution in [0.3, 0.4) is 0 Å². The third-order valence-electron chi connectivity index (χ3n) is 2.30. The van der Waals surface area contributed by atoms with Gasteiger partial charge in [0.2, 0.25) is 0 Å². The number of benzene rings is 1. The summed E-state index contributed by atoms with van der Waals surface area (Å²) < 4.78 is 0. The first-order valence-corrected chi connectivity index (χ1v) is 5.38. The minimum absolute atomic E-state index is 0.358. The fourth-order valence-corrected chi connectivity index (χ4v) is 1.38. The molecular weight excluding hydrogens is 186 g/mol. The zero-order valence-electron chi connectivity index (χ0n) is 9.02. The van der Waals surface area contributed by atoms with E-state index >= 15 is 0 Å². The van der Waals surface area contributed by atoms with Crippen molar-refractivity contribution in [3.63, 3.8) is 0 Å². The second-order valence-electron chi connectivity index (χ2n) is 3.61. The van der Waals surface area contributed by atoms with Crippen molar-refractivity contribution in [1.82, 2.24) is 5.32 Å². The Bertz CT molecular complexity index is 271. The van der Waals surface area contributed by atoms with Crippen LogP contribution >= 0.6 is 0 Å². The van der Waals surface area contributed by atoms with Crippen LogP contribution in [-0.4, -0.2) is 17.8 Å². The van der Waals surface area contributed by atoms with E-state index in [0.29, 0.717) is 0 Å². The van der Waals surface area contributed by atoms with E-state index in [-0.39, 0.29) is 6.10 Å². The summed E-state index contributed by atoms with van der Waals surface area (Å²) in [5, 5.41) is 12.6. The summed E-state index contributed by atoms with van der Waals surface area (Å²) in [4.78, 5) is 0. The molecular formula is C13H19NO. The molecule has 0 fully saturated rings. The number of aliphatic hydroxyl groups is 1. The lowest BCUT2D eigenvalue weighted by molar-refractivity contribution is 0.209. The molecule has 0 aromatic heterocycles. The lowest BCUT2D eigenvalue weighted by Gasteiger charge is -2.06. The van der Waals surface area contributed by atoms with Crippen LogP contribution in [0, 0.1) is 0 Å². The Morgan fingerprint density at radius 1 is 1.33 bits per heavy atom. The van der Waals surface area contributed by atoms with Gasteiger partial charge in [0.05, 0.1) is 6.10 Å². The molecule has 0 aliphatic carbocycles. The van der Waals surface area contributed by atoms with E-state index in [0.717, 1.165) is 25.9 Å². The van der Waals surface area contributed by atoms with Gasteiger partial charge in [0, 0.05) is 6.54 Å². The van der Waals surface area contributed by atoms with Crippen molar-refractivity contribution in [3.8, 4) is 0 Å². The molecule has 1 unspecified atom stereocenters. The summed E-state index contributed by atoms with van der Waals surface area (Å²) in [5.41, 5.74) is 1.29. The third kappa shape index (κ3) is 5.35. The number of hydrogen-bond donors (Lipinski definition) is 2. The molecule has 0 bridgehead atoms. The van der Waals surface area contributed by atoms with Crippen LogP contribution in [0.5, 0.6) is 0 Å². The molecule has 0 aliphatic heterocycles. The average Bonchev–Trinajstić information content (AvgIpc) is 2.29. The van der Waals surface area contributed by atoms with Crippen molar-refractivity contribution in [2.24, 2.45) is 0 Å². The molecule has 0 saturated carbocycles. The number of rotatable bonds is 7. The molecule has 2 nitrogen and oxygen atoms in total. The van der Waals surface area contributed by atoms with Crippen molar-refractivity contribution in [2.45, 2.75) is 25.5 Å². The Morgan fingerprint density at radius 3 is 2.73 bits per heavy atom. The van der Waals surface area contributed by atoms with E-state index in [2.05, 4.69) is 24.0 Å². The fourth-order valence-electron chi connectivity index (χ4n) is 1.38. The average molecular weight is 205 g/mol. The van der Waals surface area contributed by atoms with Gasteiger partial charge in [-0.3, -0.25) is 0 Å². The molecule has 1 atom stereocenters. The second kappa shape index (κ2) is 7.21. The highest BCUT2D eigenvalue weighted by atomic mass is 16.3. The van der Waals surface area contributed by atoms with Gasteiger partial charge >= 0.3 is 0 Å².